The Labute approximate surface area is 119 Å². The van der Waals surface area contributed by atoms with Gasteiger partial charge < -0.3 is 14.6 Å². The van der Waals surface area contributed by atoms with Crippen molar-refractivity contribution in [2.45, 2.75) is 57.0 Å². The molecule has 0 amide bonds. The molecular formula is C17H22O3. The van der Waals surface area contributed by atoms with E-state index in [0.717, 1.165) is 25.0 Å². The molecule has 1 spiro atoms. The third kappa shape index (κ3) is 2.09. The highest BCUT2D eigenvalue weighted by molar-refractivity contribution is 5.34. The minimum atomic E-state index is -0.359. The third-order valence-electron chi connectivity index (χ3n) is 5.33. The number of hydrogen-bond donors (Lipinski definition) is 1. The fraction of sp³-hybridized carbons (Fsp3) is 0.647. The summed E-state index contributed by atoms with van der Waals surface area (Å²) in [6.07, 6.45) is 5.25. The van der Waals surface area contributed by atoms with Gasteiger partial charge in [-0.15, -0.1) is 0 Å². The maximum Gasteiger partial charge on any atom is 0.0820 e. The maximum absolute atomic E-state index is 10.7. The van der Waals surface area contributed by atoms with E-state index >= 15 is 0 Å². The van der Waals surface area contributed by atoms with Crippen molar-refractivity contribution in [3.8, 4) is 0 Å². The van der Waals surface area contributed by atoms with E-state index < -0.39 is 0 Å². The molecule has 2 fully saturated rings. The fourth-order valence-electron chi connectivity index (χ4n) is 3.90. The molecule has 1 N–H and O–H groups in total. The van der Waals surface area contributed by atoms with Crippen molar-refractivity contribution in [2.75, 3.05) is 6.61 Å². The first-order valence-corrected chi connectivity index (χ1v) is 7.77. The molecule has 3 heteroatoms. The van der Waals surface area contributed by atoms with Crippen molar-refractivity contribution in [1.82, 2.24) is 0 Å². The van der Waals surface area contributed by atoms with Crippen LogP contribution in [0.4, 0.5) is 0 Å². The van der Waals surface area contributed by atoms with E-state index in [1.165, 1.54) is 30.4 Å². The monoisotopic (exact) mass is 274 g/mol. The second kappa shape index (κ2) is 4.83. The van der Waals surface area contributed by atoms with E-state index in [1.807, 2.05) is 0 Å². The quantitative estimate of drug-likeness (QED) is 0.900. The second-order valence-electron chi connectivity index (χ2n) is 6.60. The number of hydrogen-bond acceptors (Lipinski definition) is 3. The van der Waals surface area contributed by atoms with Crippen molar-refractivity contribution in [3.63, 3.8) is 0 Å². The summed E-state index contributed by atoms with van der Waals surface area (Å²) in [5.74, 6) is 0.337. The van der Waals surface area contributed by atoms with Gasteiger partial charge in [-0.1, -0.05) is 18.2 Å². The highest BCUT2D eigenvalue weighted by Crippen LogP contribution is 2.47. The summed E-state index contributed by atoms with van der Waals surface area (Å²) >= 11 is 0. The van der Waals surface area contributed by atoms with Crippen LogP contribution >= 0.6 is 0 Å². The summed E-state index contributed by atoms with van der Waals surface area (Å²) < 4.78 is 11.4. The van der Waals surface area contributed by atoms with E-state index in [2.05, 4.69) is 18.2 Å². The lowest BCUT2D eigenvalue weighted by molar-refractivity contribution is -0.157. The predicted molar refractivity (Wildman–Crippen MR) is 75.2 cm³/mol. The molecule has 2 aliphatic heterocycles. The van der Waals surface area contributed by atoms with Gasteiger partial charge in [-0.05, 0) is 54.7 Å². The molecular weight excluding hydrogens is 252 g/mol. The van der Waals surface area contributed by atoms with Crippen LogP contribution in [0, 0.1) is 5.92 Å². The van der Waals surface area contributed by atoms with Gasteiger partial charge in [-0.3, -0.25) is 0 Å². The van der Waals surface area contributed by atoms with Crippen LogP contribution in [0.15, 0.2) is 18.2 Å². The van der Waals surface area contributed by atoms with Gasteiger partial charge in [0.15, 0.2) is 0 Å². The van der Waals surface area contributed by atoms with Crippen molar-refractivity contribution in [3.05, 3.63) is 34.9 Å². The first-order chi connectivity index (χ1) is 9.76. The van der Waals surface area contributed by atoms with Gasteiger partial charge in [-0.25, -0.2) is 0 Å². The average Bonchev–Trinajstić information content (AvgIpc) is 2.92. The second-order valence-corrected chi connectivity index (χ2v) is 6.60. The summed E-state index contributed by atoms with van der Waals surface area (Å²) in [5.41, 5.74) is 3.66. The molecule has 1 saturated heterocycles. The van der Waals surface area contributed by atoms with Gasteiger partial charge >= 0.3 is 0 Å². The zero-order valence-electron chi connectivity index (χ0n) is 11.8. The Balaban J connectivity index is 1.53. The third-order valence-corrected chi connectivity index (χ3v) is 5.33. The molecule has 0 bridgehead atoms. The van der Waals surface area contributed by atoms with Crippen molar-refractivity contribution < 1.29 is 14.6 Å². The molecule has 1 aromatic carbocycles. The van der Waals surface area contributed by atoms with Crippen LogP contribution in [-0.4, -0.2) is 17.3 Å². The summed E-state index contributed by atoms with van der Waals surface area (Å²) in [5, 5.41) is 10.7. The highest BCUT2D eigenvalue weighted by Gasteiger charge is 2.44. The molecule has 108 valence electrons. The van der Waals surface area contributed by atoms with E-state index in [1.54, 1.807) is 0 Å². The Morgan fingerprint density at radius 2 is 2.05 bits per heavy atom. The smallest absolute Gasteiger partial charge is 0.0820 e. The van der Waals surface area contributed by atoms with E-state index in [-0.39, 0.29) is 11.7 Å². The SMILES string of the molecule is OC(c1ccc2c(c1)COC2)C1CCOC2(CCC2)C1. The Kier molecular flexibility index (Phi) is 3.09. The van der Waals surface area contributed by atoms with Crippen LogP contribution in [-0.2, 0) is 22.7 Å². The Hall–Kier alpha value is -0.900. The Morgan fingerprint density at radius 3 is 2.85 bits per heavy atom. The molecule has 3 aliphatic rings. The molecule has 2 heterocycles. The molecule has 0 radical (unpaired) electrons. The molecule has 2 atom stereocenters. The van der Waals surface area contributed by atoms with E-state index in [0.29, 0.717) is 19.1 Å². The molecule has 4 rings (SSSR count). The van der Waals surface area contributed by atoms with Crippen LogP contribution in [0.3, 0.4) is 0 Å². The largest absolute Gasteiger partial charge is 0.388 e. The maximum atomic E-state index is 10.7. The molecule has 0 aromatic heterocycles. The van der Waals surface area contributed by atoms with Gasteiger partial charge in [0.05, 0.1) is 24.9 Å². The standard InChI is InChI=1S/C17H22O3/c18-16(12-2-3-14-10-19-11-15(14)8-12)13-4-7-20-17(9-13)5-1-6-17/h2-3,8,13,16,18H,1,4-7,9-11H2. The van der Waals surface area contributed by atoms with Gasteiger partial charge in [0.25, 0.3) is 0 Å². The lowest BCUT2D eigenvalue weighted by Gasteiger charge is -2.48. The Bertz CT molecular complexity index is 507. The van der Waals surface area contributed by atoms with Crippen LogP contribution in [0.1, 0.15) is 54.9 Å². The fourth-order valence-corrected chi connectivity index (χ4v) is 3.90. The zero-order valence-corrected chi connectivity index (χ0v) is 11.8. The summed E-state index contributed by atoms with van der Waals surface area (Å²) in [4.78, 5) is 0. The number of fused-ring (bicyclic) bond motifs is 1. The first-order valence-electron chi connectivity index (χ1n) is 7.77. The van der Waals surface area contributed by atoms with Crippen molar-refractivity contribution >= 4 is 0 Å². The summed E-state index contributed by atoms with van der Waals surface area (Å²) in [6.45, 7) is 2.20. The highest BCUT2D eigenvalue weighted by atomic mass is 16.5. The lowest BCUT2D eigenvalue weighted by atomic mass is 9.70. The number of ether oxygens (including phenoxy) is 2. The minimum Gasteiger partial charge on any atom is -0.388 e. The molecule has 1 aromatic rings. The first kappa shape index (κ1) is 12.8. The van der Waals surface area contributed by atoms with Crippen molar-refractivity contribution in [2.24, 2.45) is 5.92 Å². The van der Waals surface area contributed by atoms with Gasteiger partial charge in [0.1, 0.15) is 0 Å². The van der Waals surface area contributed by atoms with Gasteiger partial charge in [-0.2, -0.15) is 0 Å². The zero-order chi connectivity index (χ0) is 13.6. The van der Waals surface area contributed by atoms with E-state index in [4.69, 9.17) is 9.47 Å². The minimum absolute atomic E-state index is 0.101. The number of rotatable bonds is 2. The number of aliphatic hydroxyl groups is 1. The topological polar surface area (TPSA) is 38.7 Å². The molecule has 1 saturated carbocycles. The van der Waals surface area contributed by atoms with Crippen LogP contribution in [0.5, 0.6) is 0 Å². The van der Waals surface area contributed by atoms with Gasteiger partial charge in [0.2, 0.25) is 0 Å². The molecule has 1 aliphatic carbocycles. The Morgan fingerprint density at radius 1 is 1.20 bits per heavy atom. The molecule has 2 unspecified atom stereocenters. The molecule has 20 heavy (non-hydrogen) atoms. The van der Waals surface area contributed by atoms with Crippen LogP contribution in [0.25, 0.3) is 0 Å². The predicted octanol–water partition coefficient (Wildman–Crippen LogP) is 3.10. The van der Waals surface area contributed by atoms with Crippen LogP contribution in [0.2, 0.25) is 0 Å². The van der Waals surface area contributed by atoms with E-state index in [9.17, 15) is 5.11 Å². The average molecular weight is 274 g/mol. The van der Waals surface area contributed by atoms with Crippen molar-refractivity contribution in [1.29, 1.82) is 0 Å². The molecule has 3 nitrogen and oxygen atoms in total. The summed E-state index contributed by atoms with van der Waals surface area (Å²) in [6, 6.07) is 6.32. The van der Waals surface area contributed by atoms with Gasteiger partial charge in [0, 0.05) is 6.61 Å². The lowest BCUT2D eigenvalue weighted by Crippen LogP contribution is -2.46. The summed E-state index contributed by atoms with van der Waals surface area (Å²) in [7, 11) is 0. The normalized spacial score (nSPS) is 28.9. The number of aliphatic hydroxyl groups excluding tert-OH is 1. The van der Waals surface area contributed by atoms with Crippen LogP contribution < -0.4 is 0 Å². The number of benzene rings is 1.